The average Bonchev–Trinajstić information content (AvgIpc) is 2.50. The Balaban J connectivity index is 2.95. The predicted octanol–water partition coefficient (Wildman–Crippen LogP) is 3.74. The number of unbranched alkanes of at least 4 members (excludes halogenated alkanes) is 1. The van der Waals surface area contributed by atoms with Gasteiger partial charge in [-0.05, 0) is 30.5 Å². The molecule has 1 N–H and O–H groups in total. The number of carboxylic acids is 1. The Hall–Kier alpha value is -1.84. The van der Waals surface area contributed by atoms with E-state index in [9.17, 15) is 9.59 Å². The zero-order valence-corrected chi connectivity index (χ0v) is 14.0. The fourth-order valence-corrected chi connectivity index (χ4v) is 2.21. The summed E-state index contributed by atoms with van der Waals surface area (Å²) in [5.74, 6) is -1.70. The molecule has 1 amide bonds. The van der Waals surface area contributed by atoms with Crippen molar-refractivity contribution < 1.29 is 14.7 Å². The molecular weight excluding hydrogens is 278 g/mol. The number of anilines is 1. The smallest absolute Gasteiger partial charge is 0.308 e. The summed E-state index contributed by atoms with van der Waals surface area (Å²) in [4.78, 5) is 25.1. The maximum atomic E-state index is 12.4. The van der Waals surface area contributed by atoms with Crippen molar-refractivity contribution in [1.29, 1.82) is 0 Å². The number of nitrogens with zero attached hydrogens (tertiary/aromatic N) is 1. The number of hydrogen-bond acceptors (Lipinski definition) is 2. The van der Waals surface area contributed by atoms with Gasteiger partial charge in [0.05, 0.1) is 5.92 Å². The van der Waals surface area contributed by atoms with Crippen LogP contribution >= 0.6 is 0 Å². The van der Waals surface area contributed by atoms with Gasteiger partial charge < -0.3 is 10.0 Å². The Morgan fingerprint density at radius 1 is 1.14 bits per heavy atom. The molecule has 0 aliphatic heterocycles. The molecule has 4 nitrogen and oxygen atoms in total. The van der Waals surface area contributed by atoms with Gasteiger partial charge in [0.1, 0.15) is 0 Å². The van der Waals surface area contributed by atoms with Crippen molar-refractivity contribution >= 4 is 17.6 Å². The van der Waals surface area contributed by atoms with Crippen LogP contribution in [0, 0.1) is 11.8 Å². The van der Waals surface area contributed by atoms with E-state index in [0.717, 1.165) is 24.9 Å². The number of benzene rings is 1. The molecule has 0 bridgehead atoms. The largest absolute Gasteiger partial charge is 0.481 e. The molecule has 0 radical (unpaired) electrons. The third-order valence-corrected chi connectivity index (χ3v) is 3.70. The van der Waals surface area contributed by atoms with Crippen LogP contribution in [-0.2, 0) is 16.0 Å². The lowest BCUT2D eigenvalue weighted by molar-refractivity contribution is -0.140. The lowest BCUT2D eigenvalue weighted by Gasteiger charge is -2.26. The van der Waals surface area contributed by atoms with E-state index in [2.05, 4.69) is 6.92 Å². The van der Waals surface area contributed by atoms with Gasteiger partial charge in [-0.25, -0.2) is 0 Å². The van der Waals surface area contributed by atoms with E-state index < -0.39 is 11.9 Å². The monoisotopic (exact) mass is 305 g/mol. The number of rotatable bonds is 8. The van der Waals surface area contributed by atoms with Crippen LogP contribution in [0.15, 0.2) is 24.3 Å². The molecule has 0 aliphatic rings. The summed E-state index contributed by atoms with van der Waals surface area (Å²) in [6.07, 6.45) is 3.32. The average molecular weight is 305 g/mol. The van der Waals surface area contributed by atoms with Crippen LogP contribution in [0.1, 0.15) is 46.1 Å². The highest BCUT2D eigenvalue weighted by atomic mass is 16.4. The van der Waals surface area contributed by atoms with Crippen LogP contribution in [0.4, 0.5) is 5.69 Å². The van der Waals surface area contributed by atoms with Crippen molar-refractivity contribution in [2.24, 2.45) is 11.8 Å². The van der Waals surface area contributed by atoms with Crippen molar-refractivity contribution in [2.45, 2.75) is 47.0 Å². The molecule has 0 aliphatic carbocycles. The highest BCUT2D eigenvalue weighted by Gasteiger charge is 2.23. The fourth-order valence-electron chi connectivity index (χ4n) is 2.21. The minimum Gasteiger partial charge on any atom is -0.481 e. The summed E-state index contributed by atoms with van der Waals surface area (Å²) in [5, 5.41) is 9.10. The molecule has 0 heterocycles. The predicted molar refractivity (Wildman–Crippen MR) is 89.0 cm³/mol. The molecule has 0 spiro atoms. The molecular formula is C18H27NO3. The summed E-state index contributed by atoms with van der Waals surface area (Å²) in [6.45, 7) is 7.64. The lowest BCUT2D eigenvalue weighted by Crippen LogP contribution is -2.39. The number of carbonyl (C=O) groups excluding carboxylic acids is 1. The molecule has 4 heteroatoms. The van der Waals surface area contributed by atoms with Crippen molar-refractivity contribution in [3.63, 3.8) is 0 Å². The quantitative estimate of drug-likeness (QED) is 0.796. The molecule has 1 atom stereocenters. The van der Waals surface area contributed by atoms with Crippen LogP contribution in [0.3, 0.4) is 0 Å². The van der Waals surface area contributed by atoms with E-state index in [0.29, 0.717) is 0 Å². The second-order valence-electron chi connectivity index (χ2n) is 6.11. The Labute approximate surface area is 133 Å². The minimum absolute atomic E-state index is 0.0468. The van der Waals surface area contributed by atoms with Crippen LogP contribution in [-0.4, -0.2) is 23.5 Å². The Bertz CT molecular complexity index is 494. The molecule has 0 saturated carbocycles. The molecule has 1 unspecified atom stereocenters. The zero-order valence-electron chi connectivity index (χ0n) is 14.0. The molecule has 1 aromatic rings. The summed E-state index contributed by atoms with van der Waals surface area (Å²) < 4.78 is 0. The molecule has 1 aromatic carbocycles. The van der Waals surface area contributed by atoms with E-state index in [1.54, 1.807) is 11.8 Å². The maximum absolute atomic E-state index is 12.4. The van der Waals surface area contributed by atoms with Gasteiger partial charge in [-0.2, -0.15) is 0 Å². The van der Waals surface area contributed by atoms with Gasteiger partial charge in [0.2, 0.25) is 5.91 Å². The third-order valence-electron chi connectivity index (χ3n) is 3.70. The van der Waals surface area contributed by atoms with Crippen molar-refractivity contribution in [1.82, 2.24) is 0 Å². The molecule has 1 rings (SSSR count). The number of carbonyl (C=O) groups is 2. The van der Waals surface area contributed by atoms with Crippen molar-refractivity contribution in [2.75, 3.05) is 11.4 Å². The lowest BCUT2D eigenvalue weighted by atomic mass is 10.1. The van der Waals surface area contributed by atoms with E-state index >= 15 is 0 Å². The zero-order chi connectivity index (χ0) is 16.7. The number of hydrogen-bond donors (Lipinski definition) is 1. The molecule has 0 saturated heterocycles. The first-order valence-corrected chi connectivity index (χ1v) is 7.99. The Kier molecular flexibility index (Phi) is 7.09. The standard InChI is InChI=1S/C18H27NO3/c1-5-6-7-15-8-10-16(11-9-15)19(17(20)13(2)3)12-14(4)18(21)22/h8-11,13-14H,5-7,12H2,1-4H3,(H,21,22). The van der Waals surface area contributed by atoms with Gasteiger partial charge in [-0.3, -0.25) is 9.59 Å². The number of aliphatic carboxylic acids is 1. The van der Waals surface area contributed by atoms with E-state index in [-0.39, 0.29) is 18.4 Å². The number of amides is 1. The van der Waals surface area contributed by atoms with E-state index in [1.807, 2.05) is 38.1 Å². The maximum Gasteiger partial charge on any atom is 0.308 e. The van der Waals surface area contributed by atoms with Gasteiger partial charge in [-0.1, -0.05) is 46.2 Å². The first-order valence-electron chi connectivity index (χ1n) is 7.99. The first kappa shape index (κ1) is 18.2. The summed E-state index contributed by atoms with van der Waals surface area (Å²) in [5.41, 5.74) is 2.01. The van der Waals surface area contributed by atoms with Crippen LogP contribution in [0.25, 0.3) is 0 Å². The summed E-state index contributed by atoms with van der Waals surface area (Å²) in [7, 11) is 0. The second kappa shape index (κ2) is 8.57. The van der Waals surface area contributed by atoms with Crippen molar-refractivity contribution in [3.8, 4) is 0 Å². The van der Waals surface area contributed by atoms with E-state index in [1.165, 1.54) is 5.56 Å². The Morgan fingerprint density at radius 2 is 1.73 bits per heavy atom. The van der Waals surface area contributed by atoms with Gasteiger partial charge in [0.25, 0.3) is 0 Å². The van der Waals surface area contributed by atoms with Crippen molar-refractivity contribution in [3.05, 3.63) is 29.8 Å². The fraction of sp³-hybridized carbons (Fsp3) is 0.556. The second-order valence-corrected chi connectivity index (χ2v) is 6.11. The SMILES string of the molecule is CCCCc1ccc(N(CC(C)C(=O)O)C(=O)C(C)C)cc1. The van der Waals surface area contributed by atoms with Gasteiger partial charge >= 0.3 is 5.97 Å². The van der Waals surface area contributed by atoms with Crippen LogP contribution < -0.4 is 4.90 Å². The summed E-state index contributed by atoms with van der Waals surface area (Å²) >= 11 is 0. The van der Waals surface area contributed by atoms with Crippen LogP contribution in [0.5, 0.6) is 0 Å². The molecule has 0 fully saturated rings. The number of carboxylic acid groups (broad SMARTS) is 1. The number of aryl methyl sites for hydroxylation is 1. The van der Waals surface area contributed by atoms with Crippen LogP contribution in [0.2, 0.25) is 0 Å². The molecule has 22 heavy (non-hydrogen) atoms. The Morgan fingerprint density at radius 3 is 2.18 bits per heavy atom. The highest BCUT2D eigenvalue weighted by Crippen LogP contribution is 2.20. The highest BCUT2D eigenvalue weighted by molar-refractivity contribution is 5.95. The van der Waals surface area contributed by atoms with Gasteiger partial charge in [0.15, 0.2) is 0 Å². The first-order chi connectivity index (χ1) is 10.4. The minimum atomic E-state index is -0.888. The topological polar surface area (TPSA) is 57.6 Å². The molecule has 122 valence electrons. The van der Waals surface area contributed by atoms with Gasteiger partial charge in [0, 0.05) is 18.2 Å². The van der Waals surface area contributed by atoms with Gasteiger partial charge in [-0.15, -0.1) is 0 Å². The van der Waals surface area contributed by atoms with E-state index in [4.69, 9.17) is 5.11 Å². The molecule has 0 aromatic heterocycles. The normalized spacial score (nSPS) is 12.2. The third kappa shape index (κ3) is 5.17. The summed E-state index contributed by atoms with van der Waals surface area (Å²) in [6, 6.07) is 7.88.